The minimum absolute atomic E-state index is 0.187. The minimum atomic E-state index is -0.187. The van der Waals surface area contributed by atoms with Crippen LogP contribution in [-0.2, 0) is 0 Å². The minimum Gasteiger partial charge on any atom is -0.313 e. The summed E-state index contributed by atoms with van der Waals surface area (Å²) in [6.07, 6.45) is 9.38. The Morgan fingerprint density at radius 2 is 1.95 bits per heavy atom. The van der Waals surface area contributed by atoms with Gasteiger partial charge < -0.3 is 5.32 Å². The number of hydrogen-bond donors (Lipinski definition) is 1. The number of benzene rings is 1. The van der Waals surface area contributed by atoms with Gasteiger partial charge in [-0.15, -0.1) is 0 Å². The summed E-state index contributed by atoms with van der Waals surface area (Å²) in [5.74, 6) is 0.622. The first-order chi connectivity index (χ1) is 9.20. The molecule has 1 N–H and O–H groups in total. The lowest BCUT2D eigenvalue weighted by Crippen LogP contribution is -2.20. The molecule has 0 aliphatic heterocycles. The molecule has 1 nitrogen and oxygen atoms in total. The van der Waals surface area contributed by atoms with Gasteiger partial charge in [0.15, 0.2) is 0 Å². The molecule has 0 heterocycles. The maximum atomic E-state index is 13.3. The first-order valence-corrected chi connectivity index (χ1v) is 8.12. The second-order valence-electron chi connectivity index (χ2n) is 5.61. The zero-order chi connectivity index (χ0) is 13.7. The van der Waals surface area contributed by atoms with Crippen LogP contribution in [0.4, 0.5) is 4.39 Å². The highest BCUT2D eigenvalue weighted by molar-refractivity contribution is 9.10. The van der Waals surface area contributed by atoms with Crippen molar-refractivity contribution >= 4 is 15.9 Å². The van der Waals surface area contributed by atoms with Gasteiger partial charge in [0.25, 0.3) is 0 Å². The third-order valence-corrected chi connectivity index (χ3v) is 4.85. The van der Waals surface area contributed by atoms with Crippen molar-refractivity contribution in [3.63, 3.8) is 0 Å². The van der Waals surface area contributed by atoms with Crippen LogP contribution in [0.1, 0.15) is 56.6 Å². The van der Waals surface area contributed by atoms with Crippen molar-refractivity contribution in [1.29, 1.82) is 0 Å². The van der Waals surface area contributed by atoms with E-state index in [4.69, 9.17) is 0 Å². The number of halogens is 2. The zero-order valence-electron chi connectivity index (χ0n) is 11.6. The number of nitrogens with one attached hydrogen (secondary N) is 1. The number of hydrogen-bond acceptors (Lipinski definition) is 1. The second-order valence-corrected chi connectivity index (χ2v) is 6.46. The van der Waals surface area contributed by atoms with E-state index in [2.05, 4.69) is 21.2 Å². The summed E-state index contributed by atoms with van der Waals surface area (Å²) in [5.41, 5.74) is 1.18. The summed E-state index contributed by atoms with van der Waals surface area (Å²) in [4.78, 5) is 0. The molecule has 1 unspecified atom stereocenters. The van der Waals surface area contributed by atoms with Gasteiger partial charge in [-0.25, -0.2) is 4.39 Å². The van der Waals surface area contributed by atoms with E-state index in [0.29, 0.717) is 10.5 Å². The molecular weight excluding hydrogens is 305 g/mol. The van der Waals surface area contributed by atoms with E-state index >= 15 is 0 Å². The maximum Gasteiger partial charge on any atom is 0.137 e. The summed E-state index contributed by atoms with van der Waals surface area (Å²) in [6.45, 7) is 0. The third-order valence-electron chi connectivity index (χ3n) is 4.24. The highest BCUT2D eigenvalue weighted by atomic mass is 79.9. The van der Waals surface area contributed by atoms with Crippen LogP contribution in [0.3, 0.4) is 0 Å². The molecule has 0 radical (unpaired) electrons. The molecule has 1 aliphatic carbocycles. The molecule has 1 aromatic carbocycles. The number of rotatable bonds is 4. The monoisotopic (exact) mass is 327 g/mol. The fourth-order valence-corrected chi connectivity index (χ4v) is 3.48. The fraction of sp³-hybridized carbons (Fsp3) is 0.625. The SMILES string of the molecule is CNC(CC1CCCCCC1)c1ccc(F)c(Br)c1. The van der Waals surface area contributed by atoms with Gasteiger partial charge in [0.2, 0.25) is 0 Å². The average molecular weight is 328 g/mol. The van der Waals surface area contributed by atoms with Gasteiger partial charge in [-0.05, 0) is 53.0 Å². The highest BCUT2D eigenvalue weighted by Crippen LogP contribution is 2.32. The molecule has 2 rings (SSSR count). The third kappa shape index (κ3) is 4.28. The highest BCUT2D eigenvalue weighted by Gasteiger charge is 2.19. The summed E-state index contributed by atoms with van der Waals surface area (Å²) in [6, 6.07) is 5.70. The van der Waals surface area contributed by atoms with Crippen molar-refractivity contribution < 1.29 is 4.39 Å². The van der Waals surface area contributed by atoms with Crippen LogP contribution in [-0.4, -0.2) is 7.05 Å². The van der Waals surface area contributed by atoms with Crippen LogP contribution >= 0.6 is 15.9 Å². The normalized spacial score (nSPS) is 19.1. The van der Waals surface area contributed by atoms with Crippen LogP contribution in [0.5, 0.6) is 0 Å². The van der Waals surface area contributed by atoms with Crippen molar-refractivity contribution in [2.24, 2.45) is 5.92 Å². The Morgan fingerprint density at radius 3 is 2.53 bits per heavy atom. The average Bonchev–Trinajstić information content (AvgIpc) is 2.68. The molecule has 19 heavy (non-hydrogen) atoms. The van der Waals surface area contributed by atoms with E-state index in [9.17, 15) is 4.39 Å². The predicted octanol–water partition coefficient (Wildman–Crippen LogP) is 5.21. The molecule has 1 aromatic rings. The Morgan fingerprint density at radius 1 is 1.26 bits per heavy atom. The maximum absolute atomic E-state index is 13.3. The van der Waals surface area contributed by atoms with Crippen molar-refractivity contribution in [2.75, 3.05) is 7.05 Å². The standard InChI is InChI=1S/C16H23BrFN/c1-19-16(10-12-6-4-2-3-5-7-12)13-8-9-15(18)14(17)11-13/h8-9,11-12,16,19H,2-7,10H2,1H3. The summed E-state index contributed by atoms with van der Waals surface area (Å²) >= 11 is 3.28. The van der Waals surface area contributed by atoms with Crippen LogP contribution in [0.15, 0.2) is 22.7 Å². The molecule has 1 fully saturated rings. The topological polar surface area (TPSA) is 12.0 Å². The van der Waals surface area contributed by atoms with Crippen LogP contribution in [0.2, 0.25) is 0 Å². The Hall–Kier alpha value is -0.410. The smallest absolute Gasteiger partial charge is 0.137 e. The molecule has 1 aliphatic rings. The van der Waals surface area contributed by atoms with Crippen molar-refractivity contribution in [2.45, 2.75) is 51.0 Å². The molecule has 0 amide bonds. The van der Waals surface area contributed by atoms with Gasteiger partial charge in [0.1, 0.15) is 5.82 Å². The molecule has 0 spiro atoms. The quantitative estimate of drug-likeness (QED) is 0.748. The first kappa shape index (κ1) is 15.0. The van der Waals surface area contributed by atoms with Crippen molar-refractivity contribution in [1.82, 2.24) is 5.32 Å². The molecule has 0 bridgehead atoms. The largest absolute Gasteiger partial charge is 0.313 e. The second kappa shape index (κ2) is 7.39. The first-order valence-electron chi connectivity index (χ1n) is 7.33. The Kier molecular flexibility index (Phi) is 5.83. The molecule has 3 heteroatoms. The lowest BCUT2D eigenvalue weighted by molar-refractivity contribution is 0.368. The van der Waals surface area contributed by atoms with Gasteiger partial charge >= 0.3 is 0 Å². The molecule has 0 aromatic heterocycles. The van der Waals surface area contributed by atoms with Crippen LogP contribution in [0.25, 0.3) is 0 Å². The van der Waals surface area contributed by atoms with E-state index in [0.717, 1.165) is 12.3 Å². The van der Waals surface area contributed by atoms with Gasteiger partial charge in [-0.1, -0.05) is 44.6 Å². The summed E-state index contributed by atoms with van der Waals surface area (Å²) in [5, 5.41) is 3.39. The van der Waals surface area contributed by atoms with Crippen molar-refractivity contribution in [3.05, 3.63) is 34.1 Å². The van der Waals surface area contributed by atoms with E-state index < -0.39 is 0 Å². The molecule has 1 atom stereocenters. The van der Waals surface area contributed by atoms with E-state index in [1.807, 2.05) is 19.2 Å². The van der Waals surface area contributed by atoms with Gasteiger partial charge in [0.05, 0.1) is 4.47 Å². The van der Waals surface area contributed by atoms with Crippen molar-refractivity contribution in [3.8, 4) is 0 Å². The lowest BCUT2D eigenvalue weighted by atomic mass is 9.89. The zero-order valence-corrected chi connectivity index (χ0v) is 13.2. The molecule has 1 saturated carbocycles. The predicted molar refractivity (Wildman–Crippen MR) is 81.7 cm³/mol. The van der Waals surface area contributed by atoms with Gasteiger partial charge in [-0.2, -0.15) is 0 Å². The van der Waals surface area contributed by atoms with E-state index in [1.165, 1.54) is 44.1 Å². The van der Waals surface area contributed by atoms with Crippen LogP contribution in [0, 0.1) is 11.7 Å². The summed E-state index contributed by atoms with van der Waals surface area (Å²) < 4.78 is 13.9. The van der Waals surface area contributed by atoms with Gasteiger partial charge in [-0.3, -0.25) is 0 Å². The van der Waals surface area contributed by atoms with E-state index in [1.54, 1.807) is 6.07 Å². The Labute approximate surface area is 124 Å². The fourth-order valence-electron chi connectivity index (χ4n) is 3.08. The lowest BCUT2D eigenvalue weighted by Gasteiger charge is -2.23. The molecular formula is C16H23BrFN. The molecule has 106 valence electrons. The summed E-state index contributed by atoms with van der Waals surface area (Å²) in [7, 11) is 2.00. The van der Waals surface area contributed by atoms with Gasteiger partial charge in [0, 0.05) is 6.04 Å². The van der Waals surface area contributed by atoms with Crippen LogP contribution < -0.4 is 5.32 Å². The Bertz CT molecular complexity index is 400. The Balaban J connectivity index is 2.03. The molecule has 0 saturated heterocycles. The van der Waals surface area contributed by atoms with E-state index in [-0.39, 0.29) is 5.82 Å².